The summed E-state index contributed by atoms with van der Waals surface area (Å²) < 4.78 is 9.21. The number of nitrogens with zero attached hydrogens (tertiary/aromatic N) is 2. The van der Waals surface area contributed by atoms with Crippen molar-refractivity contribution >= 4 is 41.7 Å². The third kappa shape index (κ3) is 9.94. The number of rotatable bonds is 15. The number of nitrogens with one attached hydrogen (secondary N) is 1. The highest BCUT2D eigenvalue weighted by Crippen LogP contribution is 2.12. The van der Waals surface area contributed by atoms with E-state index in [0.29, 0.717) is 56.7 Å². The largest absolute Gasteiger partial charge is 0.536 e. The minimum Gasteiger partial charge on any atom is -0.428 e. The summed E-state index contributed by atoms with van der Waals surface area (Å²) in [5.41, 5.74) is 0. The first-order valence-corrected chi connectivity index (χ1v) is 11.4. The number of ether oxygens (including phenoxy) is 2. The Morgan fingerprint density at radius 3 is 2.11 bits per heavy atom. The molecule has 13 nitrogen and oxygen atoms in total. The van der Waals surface area contributed by atoms with Gasteiger partial charge in [-0.2, -0.15) is 0 Å². The molecule has 2 aliphatic rings. The molecule has 2 aliphatic heterocycles. The van der Waals surface area contributed by atoms with E-state index in [2.05, 4.69) is 14.9 Å². The van der Waals surface area contributed by atoms with E-state index in [9.17, 15) is 33.6 Å². The standard InChI is InChI=1S/C22H29N3O10/c26-16(7-3-2-6-14-24-17(27)9-10-18(24)28)23-13-5-1-4-8-21(31)33-15-34-22(32)35-25-19(29)11-12-20(25)30/h9-10H,1-8,11-15H2,(H,23,26). The maximum atomic E-state index is 11.8. The van der Waals surface area contributed by atoms with Crippen LogP contribution in [0.25, 0.3) is 0 Å². The number of unbranched alkanes of at least 4 members (excludes halogenated alkanes) is 4. The van der Waals surface area contributed by atoms with Gasteiger partial charge in [0.15, 0.2) is 0 Å². The van der Waals surface area contributed by atoms with E-state index >= 15 is 0 Å². The van der Waals surface area contributed by atoms with Crippen molar-refractivity contribution in [3.63, 3.8) is 0 Å². The number of amides is 5. The summed E-state index contributed by atoms with van der Waals surface area (Å²) in [4.78, 5) is 85.9. The molecule has 0 aliphatic carbocycles. The van der Waals surface area contributed by atoms with Crippen molar-refractivity contribution in [2.75, 3.05) is 19.9 Å². The highest BCUT2D eigenvalue weighted by molar-refractivity contribution is 6.12. The lowest BCUT2D eigenvalue weighted by atomic mass is 10.1. The predicted molar refractivity (Wildman–Crippen MR) is 115 cm³/mol. The second kappa shape index (κ2) is 14.5. The van der Waals surface area contributed by atoms with Crippen LogP contribution in [0.1, 0.15) is 64.2 Å². The van der Waals surface area contributed by atoms with Gasteiger partial charge in [-0.05, 0) is 25.7 Å². The molecule has 0 aromatic carbocycles. The lowest BCUT2D eigenvalue weighted by Gasteiger charge is -2.13. The molecule has 5 amide bonds. The molecule has 2 heterocycles. The van der Waals surface area contributed by atoms with Crippen LogP contribution in [0.2, 0.25) is 0 Å². The van der Waals surface area contributed by atoms with Crippen LogP contribution in [0.4, 0.5) is 4.79 Å². The lowest BCUT2D eigenvalue weighted by Crippen LogP contribution is -2.32. The van der Waals surface area contributed by atoms with Crippen molar-refractivity contribution in [3.05, 3.63) is 12.2 Å². The zero-order valence-corrected chi connectivity index (χ0v) is 19.3. The summed E-state index contributed by atoms with van der Waals surface area (Å²) in [6.45, 7) is 0.121. The lowest BCUT2D eigenvalue weighted by molar-refractivity contribution is -0.182. The Balaban J connectivity index is 1.38. The van der Waals surface area contributed by atoms with E-state index < -0.39 is 30.7 Å². The second-order valence-corrected chi connectivity index (χ2v) is 7.83. The third-order valence-corrected chi connectivity index (χ3v) is 5.13. The molecule has 192 valence electrons. The van der Waals surface area contributed by atoms with Gasteiger partial charge in [0.25, 0.3) is 23.6 Å². The van der Waals surface area contributed by atoms with Crippen molar-refractivity contribution in [2.24, 2.45) is 0 Å². The van der Waals surface area contributed by atoms with Gasteiger partial charge in [-0.3, -0.25) is 38.5 Å². The number of hydroxylamine groups is 2. The first kappa shape index (κ1) is 27.5. The average Bonchev–Trinajstić information content (AvgIpc) is 3.31. The van der Waals surface area contributed by atoms with Crippen LogP contribution in [0.5, 0.6) is 0 Å². The molecule has 0 unspecified atom stereocenters. The molecule has 2 rings (SSSR count). The van der Waals surface area contributed by atoms with Gasteiger partial charge < -0.3 is 14.8 Å². The normalized spacial score (nSPS) is 15.1. The van der Waals surface area contributed by atoms with Gasteiger partial charge in [0.1, 0.15) is 0 Å². The van der Waals surface area contributed by atoms with Crippen LogP contribution in [-0.2, 0) is 43.1 Å². The first-order chi connectivity index (χ1) is 16.8. The molecule has 0 spiro atoms. The average molecular weight is 495 g/mol. The van der Waals surface area contributed by atoms with E-state index in [1.807, 2.05) is 0 Å². The van der Waals surface area contributed by atoms with Crippen LogP contribution in [0.3, 0.4) is 0 Å². The van der Waals surface area contributed by atoms with Crippen molar-refractivity contribution in [3.8, 4) is 0 Å². The van der Waals surface area contributed by atoms with E-state index in [1.54, 1.807) is 0 Å². The minimum absolute atomic E-state index is 0.0455. The fourth-order valence-corrected chi connectivity index (χ4v) is 3.25. The summed E-state index contributed by atoms with van der Waals surface area (Å²) in [5.74, 6) is -2.58. The second-order valence-electron chi connectivity index (χ2n) is 7.83. The van der Waals surface area contributed by atoms with Crippen molar-refractivity contribution in [1.29, 1.82) is 0 Å². The van der Waals surface area contributed by atoms with Crippen LogP contribution < -0.4 is 5.32 Å². The number of carbonyl (C=O) groups excluding carboxylic acids is 7. The van der Waals surface area contributed by atoms with E-state index in [4.69, 9.17) is 4.74 Å². The van der Waals surface area contributed by atoms with Gasteiger partial charge in [-0.15, -0.1) is 0 Å². The van der Waals surface area contributed by atoms with Crippen LogP contribution in [-0.4, -0.2) is 71.5 Å². The number of hydrogen-bond donors (Lipinski definition) is 1. The van der Waals surface area contributed by atoms with Crippen molar-refractivity contribution in [2.45, 2.75) is 64.2 Å². The molecule has 0 bridgehead atoms. The monoisotopic (exact) mass is 495 g/mol. The Bertz CT molecular complexity index is 836. The van der Waals surface area contributed by atoms with E-state index in [1.165, 1.54) is 17.1 Å². The third-order valence-electron chi connectivity index (χ3n) is 5.13. The smallest absolute Gasteiger partial charge is 0.428 e. The number of imide groups is 2. The quantitative estimate of drug-likeness (QED) is 0.149. The Morgan fingerprint density at radius 2 is 1.43 bits per heavy atom. The molecule has 0 atom stereocenters. The van der Waals surface area contributed by atoms with Gasteiger partial charge in [0.05, 0.1) is 0 Å². The van der Waals surface area contributed by atoms with Gasteiger partial charge in [-0.25, -0.2) is 4.79 Å². The first-order valence-electron chi connectivity index (χ1n) is 11.4. The predicted octanol–water partition coefficient (Wildman–Crippen LogP) is 0.866. The molecule has 13 heteroatoms. The number of hydrogen-bond acceptors (Lipinski definition) is 10. The highest BCUT2D eigenvalue weighted by atomic mass is 16.9. The van der Waals surface area contributed by atoms with Crippen LogP contribution in [0, 0.1) is 0 Å². The number of esters is 1. The molecular formula is C22H29N3O10. The van der Waals surface area contributed by atoms with Gasteiger partial charge in [-0.1, -0.05) is 17.9 Å². The van der Waals surface area contributed by atoms with Crippen molar-refractivity contribution in [1.82, 2.24) is 15.3 Å². The van der Waals surface area contributed by atoms with E-state index in [-0.39, 0.29) is 37.0 Å². The summed E-state index contributed by atoms with van der Waals surface area (Å²) in [7, 11) is 0. The fourth-order valence-electron chi connectivity index (χ4n) is 3.25. The van der Waals surface area contributed by atoms with E-state index in [0.717, 1.165) is 6.42 Å². The fraction of sp³-hybridized carbons (Fsp3) is 0.591. The molecule has 35 heavy (non-hydrogen) atoms. The Morgan fingerprint density at radius 1 is 0.800 bits per heavy atom. The Hall–Kier alpha value is -3.77. The topological polar surface area (TPSA) is 166 Å². The summed E-state index contributed by atoms with van der Waals surface area (Å²) in [6.07, 6.45) is 5.40. The maximum absolute atomic E-state index is 11.8. The zero-order chi connectivity index (χ0) is 25.6. The molecule has 0 radical (unpaired) electrons. The van der Waals surface area contributed by atoms with Gasteiger partial charge in [0, 0.05) is 50.9 Å². The highest BCUT2D eigenvalue weighted by Gasteiger charge is 2.33. The molecule has 0 saturated carbocycles. The summed E-state index contributed by atoms with van der Waals surface area (Å²) in [5, 5.41) is 3.11. The van der Waals surface area contributed by atoms with Crippen LogP contribution in [0.15, 0.2) is 12.2 Å². The molecule has 1 N–H and O–H groups in total. The zero-order valence-electron chi connectivity index (χ0n) is 19.3. The minimum atomic E-state index is -1.33. The van der Waals surface area contributed by atoms with Gasteiger partial charge >= 0.3 is 12.1 Å². The molecule has 0 aromatic heterocycles. The molecule has 1 fully saturated rings. The Labute approximate surface area is 201 Å². The van der Waals surface area contributed by atoms with Crippen LogP contribution >= 0.6 is 0 Å². The van der Waals surface area contributed by atoms with Crippen molar-refractivity contribution < 1.29 is 47.9 Å². The molecule has 1 saturated heterocycles. The summed E-state index contributed by atoms with van der Waals surface area (Å²) in [6, 6.07) is 0. The molecule has 0 aromatic rings. The Kier molecular flexibility index (Phi) is 11.4. The number of carbonyl (C=O) groups is 7. The maximum Gasteiger partial charge on any atom is 0.536 e. The SMILES string of the molecule is O=C(CCCCCN1C(=O)C=CC1=O)NCCCCCC(=O)OCOC(=O)ON1C(=O)CCC1=O. The summed E-state index contributed by atoms with van der Waals surface area (Å²) >= 11 is 0. The molecular weight excluding hydrogens is 466 g/mol. The van der Waals surface area contributed by atoms with Gasteiger partial charge in [0.2, 0.25) is 12.7 Å².